The lowest BCUT2D eigenvalue weighted by atomic mass is 9.81. The highest BCUT2D eigenvalue weighted by molar-refractivity contribution is 5.85. The molecule has 0 aromatic heterocycles. The van der Waals surface area contributed by atoms with Gasteiger partial charge in [0.15, 0.2) is 11.5 Å². The van der Waals surface area contributed by atoms with Gasteiger partial charge in [-0.2, -0.15) is 0 Å². The van der Waals surface area contributed by atoms with Gasteiger partial charge in [0, 0.05) is 17.7 Å². The Morgan fingerprint density at radius 3 is 2.24 bits per heavy atom. The Balaban J connectivity index is 1.41. The van der Waals surface area contributed by atoms with Gasteiger partial charge in [0.05, 0.1) is 22.7 Å². The molecular formula is C38H32N2O. The summed E-state index contributed by atoms with van der Waals surface area (Å²) in [7, 11) is 0. The molecule has 200 valence electrons. The SMILES string of the molecule is Cc1ccccc1N(c1ccc2c(c1)Oc1ccccc1N2)c1ccccc1C(C1=CCCC=C1)c1ccccc1. The lowest BCUT2D eigenvalue weighted by molar-refractivity contribution is 0.481. The molecular weight excluding hydrogens is 500 g/mol. The van der Waals surface area contributed by atoms with Crippen LogP contribution in [-0.2, 0) is 0 Å². The standard InChI is InChI=1S/C38H32N2O/c1-27-14-8-11-21-34(27)40(30-24-25-33-37(26-30)41-36-23-13-10-20-32(36)39-33)35-22-12-9-19-31(35)38(28-15-4-2-5-16-28)29-17-6-3-7-18-29/h2,4-6,8-26,38-39H,3,7H2,1H3. The summed E-state index contributed by atoms with van der Waals surface area (Å²) in [6.45, 7) is 2.18. The van der Waals surface area contributed by atoms with Gasteiger partial charge in [-0.15, -0.1) is 0 Å². The van der Waals surface area contributed by atoms with E-state index in [2.05, 4.69) is 132 Å². The van der Waals surface area contributed by atoms with Crippen LogP contribution in [0.1, 0.15) is 35.4 Å². The summed E-state index contributed by atoms with van der Waals surface area (Å²) in [5.74, 6) is 1.76. The zero-order chi connectivity index (χ0) is 27.6. The third kappa shape index (κ3) is 4.81. The molecule has 1 aliphatic heterocycles. The zero-order valence-electron chi connectivity index (χ0n) is 23.1. The number of aryl methyl sites for hydroxylation is 1. The van der Waals surface area contributed by atoms with E-state index in [0.717, 1.165) is 52.8 Å². The molecule has 0 spiro atoms. The van der Waals surface area contributed by atoms with E-state index in [1.165, 1.54) is 22.3 Å². The van der Waals surface area contributed by atoms with Crippen LogP contribution in [0.15, 0.2) is 145 Å². The van der Waals surface area contributed by atoms with Gasteiger partial charge >= 0.3 is 0 Å². The van der Waals surface area contributed by atoms with Crippen LogP contribution in [0.3, 0.4) is 0 Å². The van der Waals surface area contributed by atoms with Gasteiger partial charge in [-0.05, 0) is 78.4 Å². The van der Waals surface area contributed by atoms with Gasteiger partial charge in [0.2, 0.25) is 0 Å². The van der Waals surface area contributed by atoms with E-state index in [-0.39, 0.29) is 5.92 Å². The fraction of sp³-hybridized carbons (Fsp3) is 0.105. The molecule has 3 nitrogen and oxygen atoms in total. The van der Waals surface area contributed by atoms with Gasteiger partial charge in [0.1, 0.15) is 0 Å². The molecule has 1 heterocycles. The van der Waals surface area contributed by atoms with E-state index in [1.54, 1.807) is 0 Å². The molecule has 7 rings (SSSR count). The van der Waals surface area contributed by atoms with Crippen molar-refractivity contribution in [2.75, 3.05) is 10.2 Å². The van der Waals surface area contributed by atoms with Gasteiger partial charge in [-0.3, -0.25) is 0 Å². The lowest BCUT2D eigenvalue weighted by Gasteiger charge is -2.33. The first-order valence-corrected chi connectivity index (χ1v) is 14.3. The van der Waals surface area contributed by atoms with Crippen molar-refractivity contribution >= 4 is 28.4 Å². The van der Waals surface area contributed by atoms with E-state index in [9.17, 15) is 0 Å². The second-order valence-electron chi connectivity index (χ2n) is 10.6. The number of anilines is 5. The van der Waals surface area contributed by atoms with Crippen LogP contribution in [0, 0.1) is 6.92 Å². The zero-order valence-corrected chi connectivity index (χ0v) is 23.1. The highest BCUT2D eigenvalue weighted by Gasteiger charge is 2.26. The Kier molecular flexibility index (Phi) is 6.62. The number of rotatable bonds is 6. The maximum Gasteiger partial charge on any atom is 0.153 e. The molecule has 1 unspecified atom stereocenters. The summed E-state index contributed by atoms with van der Waals surface area (Å²) in [4.78, 5) is 2.39. The molecule has 5 aromatic carbocycles. The van der Waals surface area contributed by atoms with E-state index in [4.69, 9.17) is 4.74 Å². The van der Waals surface area contributed by atoms with E-state index < -0.39 is 0 Å². The molecule has 41 heavy (non-hydrogen) atoms. The van der Waals surface area contributed by atoms with Crippen LogP contribution in [-0.4, -0.2) is 0 Å². The smallest absolute Gasteiger partial charge is 0.153 e. The van der Waals surface area contributed by atoms with Crippen LogP contribution in [0.4, 0.5) is 28.4 Å². The molecule has 5 aromatic rings. The molecule has 0 amide bonds. The monoisotopic (exact) mass is 532 g/mol. The molecule has 1 atom stereocenters. The molecule has 2 aliphatic rings. The number of allylic oxidation sites excluding steroid dienone is 4. The minimum absolute atomic E-state index is 0.109. The molecule has 1 N–H and O–H groups in total. The molecule has 0 saturated heterocycles. The quantitative estimate of drug-likeness (QED) is 0.231. The molecule has 0 fully saturated rings. The van der Waals surface area contributed by atoms with Gasteiger partial charge < -0.3 is 15.0 Å². The lowest BCUT2D eigenvalue weighted by Crippen LogP contribution is -2.16. The molecule has 1 aliphatic carbocycles. The Labute approximate surface area is 242 Å². The van der Waals surface area contributed by atoms with E-state index >= 15 is 0 Å². The van der Waals surface area contributed by atoms with Crippen molar-refractivity contribution in [3.05, 3.63) is 162 Å². The fourth-order valence-corrected chi connectivity index (χ4v) is 5.96. The molecule has 3 heteroatoms. The average Bonchev–Trinajstić information content (AvgIpc) is 3.03. The number of fused-ring (bicyclic) bond motifs is 2. The van der Waals surface area contributed by atoms with Crippen LogP contribution in [0.2, 0.25) is 0 Å². The van der Waals surface area contributed by atoms with Crippen molar-refractivity contribution in [2.45, 2.75) is 25.7 Å². The summed E-state index contributed by atoms with van der Waals surface area (Å²) < 4.78 is 6.41. The first-order chi connectivity index (χ1) is 20.3. The van der Waals surface area contributed by atoms with Gasteiger partial charge in [-0.25, -0.2) is 0 Å². The van der Waals surface area contributed by atoms with Gasteiger partial charge in [0.25, 0.3) is 0 Å². The number of hydrogen-bond donors (Lipinski definition) is 1. The Bertz CT molecular complexity index is 1770. The van der Waals surface area contributed by atoms with E-state index in [1.807, 2.05) is 24.3 Å². The Hall–Kier alpha value is -5.02. The maximum atomic E-state index is 6.41. The van der Waals surface area contributed by atoms with E-state index in [0.29, 0.717) is 0 Å². The summed E-state index contributed by atoms with van der Waals surface area (Å²) in [5, 5.41) is 3.53. The highest BCUT2D eigenvalue weighted by atomic mass is 16.5. The number of nitrogens with zero attached hydrogens (tertiary/aromatic N) is 1. The third-order valence-electron chi connectivity index (χ3n) is 7.93. The number of hydrogen-bond acceptors (Lipinski definition) is 3. The average molecular weight is 533 g/mol. The highest BCUT2D eigenvalue weighted by Crippen LogP contribution is 2.48. The van der Waals surface area contributed by atoms with Crippen molar-refractivity contribution in [3.8, 4) is 11.5 Å². The largest absolute Gasteiger partial charge is 0.453 e. The van der Waals surface area contributed by atoms with Gasteiger partial charge in [-0.1, -0.05) is 97.1 Å². The molecule has 0 bridgehead atoms. The fourth-order valence-electron chi connectivity index (χ4n) is 5.96. The topological polar surface area (TPSA) is 24.5 Å². The maximum absolute atomic E-state index is 6.41. The minimum atomic E-state index is 0.109. The summed E-state index contributed by atoms with van der Waals surface area (Å²) >= 11 is 0. The van der Waals surface area contributed by atoms with Crippen LogP contribution >= 0.6 is 0 Å². The van der Waals surface area contributed by atoms with Crippen molar-refractivity contribution < 1.29 is 4.74 Å². The second kappa shape index (κ2) is 10.9. The van der Waals surface area contributed by atoms with Crippen LogP contribution in [0.25, 0.3) is 0 Å². The third-order valence-corrected chi connectivity index (χ3v) is 7.93. The number of ether oxygens (including phenoxy) is 1. The first-order valence-electron chi connectivity index (χ1n) is 14.3. The van der Waals surface area contributed by atoms with Crippen molar-refractivity contribution in [1.82, 2.24) is 0 Å². The molecule has 0 radical (unpaired) electrons. The minimum Gasteiger partial charge on any atom is -0.453 e. The Morgan fingerprint density at radius 1 is 0.683 bits per heavy atom. The van der Waals surface area contributed by atoms with Crippen molar-refractivity contribution in [2.24, 2.45) is 0 Å². The second-order valence-corrected chi connectivity index (χ2v) is 10.6. The van der Waals surface area contributed by atoms with Crippen molar-refractivity contribution in [1.29, 1.82) is 0 Å². The summed E-state index contributed by atoms with van der Waals surface area (Å²) in [5.41, 5.74) is 10.4. The van der Waals surface area contributed by atoms with Crippen LogP contribution in [0.5, 0.6) is 11.5 Å². The number of para-hydroxylation sites is 4. The molecule has 0 saturated carbocycles. The summed E-state index contributed by atoms with van der Waals surface area (Å²) in [6.07, 6.45) is 9.18. The number of nitrogens with one attached hydrogen (secondary N) is 1. The number of benzene rings is 5. The Morgan fingerprint density at radius 2 is 1.41 bits per heavy atom. The van der Waals surface area contributed by atoms with Crippen LogP contribution < -0.4 is 15.0 Å². The normalized spacial score (nSPS) is 14.1. The summed E-state index contributed by atoms with van der Waals surface area (Å²) in [6, 6.07) is 42.8. The predicted molar refractivity (Wildman–Crippen MR) is 170 cm³/mol. The van der Waals surface area contributed by atoms with Crippen molar-refractivity contribution in [3.63, 3.8) is 0 Å². The predicted octanol–water partition coefficient (Wildman–Crippen LogP) is 10.7. The first kappa shape index (κ1) is 25.0.